The molecule has 0 radical (unpaired) electrons. The maximum atomic E-state index is 5.83. The quantitative estimate of drug-likeness (QED) is 0.340. The molecule has 2 saturated heterocycles. The van der Waals surface area contributed by atoms with Crippen LogP contribution < -0.4 is 10.6 Å². The molecule has 2 atom stereocenters. The third kappa shape index (κ3) is 7.56. The molecule has 2 aliphatic heterocycles. The molecule has 2 aliphatic rings. The lowest BCUT2D eigenvalue weighted by molar-refractivity contribution is 0.0283. The van der Waals surface area contributed by atoms with Crippen molar-refractivity contribution in [1.29, 1.82) is 0 Å². The second kappa shape index (κ2) is 11.6. The van der Waals surface area contributed by atoms with E-state index >= 15 is 0 Å². The first-order valence-corrected chi connectivity index (χ1v) is 9.69. The smallest absolute Gasteiger partial charge is 0.191 e. The molecule has 0 bridgehead atoms. The fourth-order valence-electron chi connectivity index (χ4n) is 3.44. The molecule has 0 amide bonds. The molecule has 7 heteroatoms. The van der Waals surface area contributed by atoms with Crippen molar-refractivity contribution in [2.75, 3.05) is 59.0 Å². The Kier molecular flexibility index (Phi) is 10.6. The van der Waals surface area contributed by atoms with Crippen LogP contribution in [-0.2, 0) is 4.74 Å². The highest BCUT2D eigenvalue weighted by molar-refractivity contribution is 14.0. The van der Waals surface area contributed by atoms with E-state index in [-0.39, 0.29) is 29.6 Å². The van der Waals surface area contributed by atoms with Gasteiger partial charge in [-0.3, -0.25) is 9.89 Å². The molecule has 2 rings (SSSR count). The number of hydrogen-bond donors (Lipinski definition) is 2. The highest BCUT2D eigenvalue weighted by Gasteiger charge is 2.29. The van der Waals surface area contributed by atoms with E-state index in [1.54, 1.807) is 0 Å². The first-order valence-electron chi connectivity index (χ1n) is 9.69. The number of rotatable bonds is 7. The first-order chi connectivity index (χ1) is 11.6. The average Bonchev–Trinajstić information content (AvgIpc) is 3.04. The summed E-state index contributed by atoms with van der Waals surface area (Å²) in [6.45, 7) is 18.1. The van der Waals surface area contributed by atoms with Crippen molar-refractivity contribution in [3.8, 4) is 0 Å². The zero-order valence-electron chi connectivity index (χ0n) is 16.5. The number of guanidine groups is 1. The number of nitrogens with one attached hydrogen (secondary N) is 2. The summed E-state index contributed by atoms with van der Waals surface area (Å²) in [5, 5.41) is 6.87. The minimum Gasteiger partial charge on any atom is -0.373 e. The zero-order chi connectivity index (χ0) is 17.4. The van der Waals surface area contributed by atoms with E-state index < -0.39 is 0 Å². The van der Waals surface area contributed by atoms with E-state index in [0.717, 1.165) is 58.1 Å². The van der Waals surface area contributed by atoms with Crippen molar-refractivity contribution in [2.24, 2.45) is 4.99 Å². The highest BCUT2D eigenvalue weighted by Crippen LogP contribution is 2.24. The summed E-state index contributed by atoms with van der Waals surface area (Å²) >= 11 is 0. The van der Waals surface area contributed by atoms with E-state index in [9.17, 15) is 0 Å². The number of piperazine rings is 1. The Labute approximate surface area is 171 Å². The van der Waals surface area contributed by atoms with Crippen LogP contribution in [0.15, 0.2) is 4.99 Å². The number of hydrogen-bond acceptors (Lipinski definition) is 4. The summed E-state index contributed by atoms with van der Waals surface area (Å²) in [4.78, 5) is 9.84. The van der Waals surface area contributed by atoms with Crippen LogP contribution in [-0.4, -0.2) is 86.4 Å². The molecule has 148 valence electrons. The molecule has 2 heterocycles. The molecule has 2 unspecified atom stereocenters. The molecular formula is C18H38IN5O. The summed E-state index contributed by atoms with van der Waals surface area (Å²) in [6.07, 6.45) is 2.25. The first kappa shape index (κ1) is 22.9. The fourth-order valence-corrected chi connectivity index (χ4v) is 3.44. The maximum Gasteiger partial charge on any atom is 0.191 e. The van der Waals surface area contributed by atoms with Crippen LogP contribution in [0, 0.1) is 0 Å². The van der Waals surface area contributed by atoms with Crippen molar-refractivity contribution in [3.63, 3.8) is 0 Å². The molecule has 2 N–H and O–H groups in total. The topological polar surface area (TPSA) is 52.1 Å². The Balaban J connectivity index is 0.00000312. The van der Waals surface area contributed by atoms with Crippen molar-refractivity contribution >= 4 is 29.9 Å². The zero-order valence-corrected chi connectivity index (χ0v) is 18.8. The normalized spacial score (nSPS) is 27.0. The van der Waals surface area contributed by atoms with E-state index in [1.165, 1.54) is 19.6 Å². The third-order valence-corrected chi connectivity index (χ3v) is 5.26. The Morgan fingerprint density at radius 2 is 1.92 bits per heavy atom. The van der Waals surface area contributed by atoms with E-state index in [4.69, 9.17) is 9.73 Å². The lowest BCUT2D eigenvalue weighted by Crippen LogP contribution is -2.53. The lowest BCUT2D eigenvalue weighted by Gasteiger charge is -2.37. The van der Waals surface area contributed by atoms with Gasteiger partial charge in [0.05, 0.1) is 12.1 Å². The van der Waals surface area contributed by atoms with Gasteiger partial charge in [0.1, 0.15) is 0 Å². The van der Waals surface area contributed by atoms with Gasteiger partial charge in [0.15, 0.2) is 5.96 Å². The Hall–Kier alpha value is -0.120. The van der Waals surface area contributed by atoms with Crippen molar-refractivity contribution < 1.29 is 4.74 Å². The molecule has 0 aromatic carbocycles. The molecule has 0 saturated carbocycles. The van der Waals surface area contributed by atoms with Gasteiger partial charge in [0, 0.05) is 51.9 Å². The van der Waals surface area contributed by atoms with Gasteiger partial charge in [-0.25, -0.2) is 0 Å². The fraction of sp³-hybridized carbons (Fsp3) is 0.944. The summed E-state index contributed by atoms with van der Waals surface area (Å²) in [7, 11) is 0. The molecule has 0 aromatic heterocycles. The maximum absolute atomic E-state index is 5.83. The standard InChI is InChI=1S/C18H37N5O.HI/c1-5-19-17(21-15-18(4)8-7-13-24-18)20-14-16(3)23-11-9-22(6-2)10-12-23;/h16H,5-15H2,1-4H3,(H2,19,20,21);1H. The van der Waals surface area contributed by atoms with Gasteiger partial charge in [-0.1, -0.05) is 6.92 Å². The molecule has 0 aliphatic carbocycles. The second-order valence-electron chi connectivity index (χ2n) is 7.30. The predicted molar refractivity (Wildman–Crippen MR) is 116 cm³/mol. The van der Waals surface area contributed by atoms with E-state index in [1.807, 2.05) is 0 Å². The molecule has 0 aromatic rings. The minimum absolute atomic E-state index is 0. The molecule has 6 nitrogen and oxygen atoms in total. The van der Waals surface area contributed by atoms with Crippen LogP contribution in [0.4, 0.5) is 0 Å². The number of ether oxygens (including phenoxy) is 1. The largest absolute Gasteiger partial charge is 0.373 e. The van der Waals surface area contributed by atoms with Gasteiger partial charge in [-0.15, -0.1) is 24.0 Å². The molecule has 2 fully saturated rings. The van der Waals surface area contributed by atoms with Gasteiger partial charge in [0.2, 0.25) is 0 Å². The van der Waals surface area contributed by atoms with Crippen LogP contribution in [0.1, 0.15) is 40.5 Å². The monoisotopic (exact) mass is 467 g/mol. The van der Waals surface area contributed by atoms with Crippen LogP contribution >= 0.6 is 24.0 Å². The van der Waals surface area contributed by atoms with Crippen LogP contribution in [0.25, 0.3) is 0 Å². The average molecular weight is 467 g/mol. The lowest BCUT2D eigenvalue weighted by atomic mass is 10.0. The summed E-state index contributed by atoms with van der Waals surface area (Å²) in [6, 6.07) is 0.520. The molecule has 0 spiro atoms. The number of halogens is 1. The second-order valence-corrected chi connectivity index (χ2v) is 7.30. The Bertz CT molecular complexity index is 393. The van der Waals surface area contributed by atoms with E-state index in [2.05, 4.69) is 48.1 Å². The third-order valence-electron chi connectivity index (χ3n) is 5.26. The van der Waals surface area contributed by atoms with Crippen molar-refractivity contribution in [2.45, 2.75) is 52.2 Å². The van der Waals surface area contributed by atoms with Crippen LogP contribution in [0.2, 0.25) is 0 Å². The number of likely N-dealkylation sites (N-methyl/N-ethyl adjacent to an activating group) is 1. The Morgan fingerprint density at radius 1 is 1.20 bits per heavy atom. The SMILES string of the molecule is CCNC(=NCC1(C)CCCO1)NCC(C)N1CCN(CC)CC1.I. The van der Waals surface area contributed by atoms with Crippen LogP contribution in [0.3, 0.4) is 0 Å². The predicted octanol–water partition coefficient (Wildman–Crippen LogP) is 1.75. The Morgan fingerprint density at radius 3 is 2.48 bits per heavy atom. The molecule has 25 heavy (non-hydrogen) atoms. The molecular weight excluding hydrogens is 429 g/mol. The summed E-state index contributed by atoms with van der Waals surface area (Å²) in [5.74, 6) is 0.910. The summed E-state index contributed by atoms with van der Waals surface area (Å²) in [5.41, 5.74) is -0.0789. The number of aliphatic imine (C=N–C) groups is 1. The summed E-state index contributed by atoms with van der Waals surface area (Å²) < 4.78 is 5.83. The van der Waals surface area contributed by atoms with Crippen molar-refractivity contribution in [1.82, 2.24) is 20.4 Å². The van der Waals surface area contributed by atoms with Gasteiger partial charge in [0.25, 0.3) is 0 Å². The van der Waals surface area contributed by atoms with Crippen LogP contribution in [0.5, 0.6) is 0 Å². The highest BCUT2D eigenvalue weighted by atomic mass is 127. The van der Waals surface area contributed by atoms with Crippen molar-refractivity contribution in [3.05, 3.63) is 0 Å². The van der Waals surface area contributed by atoms with E-state index in [0.29, 0.717) is 6.04 Å². The van der Waals surface area contributed by atoms with Gasteiger partial charge < -0.3 is 20.3 Å². The van der Waals surface area contributed by atoms with Gasteiger partial charge >= 0.3 is 0 Å². The van der Waals surface area contributed by atoms with Gasteiger partial charge in [-0.05, 0) is 40.2 Å². The minimum atomic E-state index is -0.0789. The number of nitrogens with zero attached hydrogens (tertiary/aromatic N) is 3. The van der Waals surface area contributed by atoms with Gasteiger partial charge in [-0.2, -0.15) is 0 Å².